The van der Waals surface area contributed by atoms with Crippen LogP contribution in [0.2, 0.25) is 0 Å². The van der Waals surface area contributed by atoms with Gasteiger partial charge in [-0.3, -0.25) is 0 Å². The Bertz CT molecular complexity index is 1010. The summed E-state index contributed by atoms with van der Waals surface area (Å²) in [6, 6.07) is 22.3. The third-order valence-electron chi connectivity index (χ3n) is 4.77. The van der Waals surface area contributed by atoms with Crippen molar-refractivity contribution in [3.8, 4) is 11.5 Å². The second kappa shape index (κ2) is 10.8. The fourth-order valence-electron chi connectivity index (χ4n) is 3.06. The highest BCUT2D eigenvalue weighted by atomic mass is 79.9. The van der Waals surface area contributed by atoms with E-state index in [0.717, 1.165) is 32.5 Å². The van der Waals surface area contributed by atoms with E-state index in [1.54, 1.807) is 6.07 Å². The molecule has 0 aromatic heterocycles. The van der Waals surface area contributed by atoms with Gasteiger partial charge < -0.3 is 14.2 Å². The highest BCUT2D eigenvalue weighted by Crippen LogP contribution is 2.27. The van der Waals surface area contributed by atoms with E-state index >= 15 is 0 Å². The molecule has 5 heteroatoms. The van der Waals surface area contributed by atoms with E-state index in [4.69, 9.17) is 9.47 Å². The monoisotopic (exact) mass is 480 g/mol. The number of aryl methyl sites for hydroxylation is 2. The van der Waals surface area contributed by atoms with E-state index in [9.17, 15) is 4.79 Å². The molecule has 0 fully saturated rings. The number of halogens is 1. The molecule has 0 radical (unpaired) electrons. The maximum atomic E-state index is 11.3. The van der Waals surface area contributed by atoms with Crippen molar-refractivity contribution in [2.45, 2.75) is 13.8 Å². The third-order valence-corrected chi connectivity index (χ3v) is 5.30. The van der Waals surface area contributed by atoms with Crippen molar-refractivity contribution in [3.63, 3.8) is 0 Å². The van der Waals surface area contributed by atoms with Gasteiger partial charge in [0.15, 0.2) is 6.61 Å². The molecule has 0 spiro atoms. The van der Waals surface area contributed by atoms with Crippen LogP contribution in [0.1, 0.15) is 22.3 Å². The quantitative estimate of drug-likeness (QED) is 0.363. The Hall–Kier alpha value is -3.05. The number of benzene rings is 3. The van der Waals surface area contributed by atoms with Crippen LogP contribution in [0.3, 0.4) is 0 Å². The molecule has 0 heterocycles. The lowest BCUT2D eigenvalue weighted by molar-refractivity contribution is -0.142. The van der Waals surface area contributed by atoms with Crippen LogP contribution in [-0.4, -0.2) is 26.3 Å². The summed E-state index contributed by atoms with van der Waals surface area (Å²) in [4.78, 5) is 11.3. The van der Waals surface area contributed by atoms with E-state index in [1.807, 2.05) is 31.2 Å². The van der Waals surface area contributed by atoms with E-state index in [0.29, 0.717) is 12.4 Å². The van der Waals surface area contributed by atoms with Gasteiger partial charge in [0.2, 0.25) is 0 Å². The van der Waals surface area contributed by atoms with Gasteiger partial charge in [0.05, 0.1) is 7.11 Å². The Morgan fingerprint density at radius 3 is 2.16 bits per heavy atom. The molecule has 3 aromatic rings. The average molecular weight is 481 g/mol. The van der Waals surface area contributed by atoms with Crippen LogP contribution in [0.5, 0.6) is 11.5 Å². The van der Waals surface area contributed by atoms with Crippen molar-refractivity contribution in [2.24, 2.45) is 0 Å². The predicted molar refractivity (Wildman–Crippen MR) is 127 cm³/mol. The molecule has 4 nitrogen and oxygen atoms in total. The molecule has 3 rings (SSSR count). The van der Waals surface area contributed by atoms with Gasteiger partial charge in [-0.05, 0) is 72.5 Å². The lowest BCUT2D eigenvalue weighted by atomic mass is 9.97. The molecule has 31 heavy (non-hydrogen) atoms. The van der Waals surface area contributed by atoms with Crippen LogP contribution < -0.4 is 9.47 Å². The lowest BCUT2D eigenvalue weighted by Gasteiger charge is -2.12. The fourth-order valence-corrected chi connectivity index (χ4v) is 3.32. The summed E-state index contributed by atoms with van der Waals surface area (Å²) < 4.78 is 17.1. The largest absolute Gasteiger partial charge is 0.489 e. The first kappa shape index (κ1) is 22.6. The summed E-state index contributed by atoms with van der Waals surface area (Å²) in [5.74, 6) is 0.947. The minimum atomic E-state index is -0.415. The van der Waals surface area contributed by atoms with Crippen molar-refractivity contribution in [1.29, 1.82) is 0 Å². The summed E-state index contributed by atoms with van der Waals surface area (Å²) in [6.45, 7) is 4.29. The molecule has 160 valence electrons. The van der Waals surface area contributed by atoms with E-state index in [2.05, 4.69) is 70.1 Å². The van der Waals surface area contributed by atoms with Gasteiger partial charge in [-0.25, -0.2) is 4.79 Å². The topological polar surface area (TPSA) is 44.8 Å². The molecule has 0 aliphatic carbocycles. The molecule has 0 amide bonds. The molecule has 0 saturated carbocycles. The second-order valence-corrected chi connectivity index (χ2v) is 8.01. The number of ether oxygens (including phenoxy) is 3. The van der Waals surface area contributed by atoms with Crippen LogP contribution in [0.4, 0.5) is 0 Å². The number of carbonyl (C=O) groups excluding carboxylic acids is 1. The van der Waals surface area contributed by atoms with E-state index in [1.165, 1.54) is 12.7 Å². The van der Waals surface area contributed by atoms with Crippen LogP contribution in [-0.2, 0) is 9.53 Å². The number of hydrogen-bond acceptors (Lipinski definition) is 4. The Kier molecular flexibility index (Phi) is 7.90. The fraction of sp³-hybridized carbons (Fsp3) is 0.192. The van der Waals surface area contributed by atoms with Gasteiger partial charge >= 0.3 is 5.97 Å². The van der Waals surface area contributed by atoms with Crippen molar-refractivity contribution >= 4 is 27.5 Å². The Balaban J connectivity index is 1.75. The number of esters is 1. The van der Waals surface area contributed by atoms with Crippen LogP contribution in [0.15, 0.2) is 77.3 Å². The molecule has 0 N–H and O–H groups in total. The zero-order valence-electron chi connectivity index (χ0n) is 17.9. The Morgan fingerprint density at radius 2 is 1.55 bits per heavy atom. The van der Waals surface area contributed by atoms with Gasteiger partial charge in [-0.2, -0.15) is 0 Å². The molecular weight excluding hydrogens is 456 g/mol. The number of rotatable bonds is 8. The lowest BCUT2D eigenvalue weighted by Crippen LogP contribution is -2.13. The highest BCUT2D eigenvalue weighted by Gasteiger charge is 2.08. The second-order valence-electron chi connectivity index (χ2n) is 7.09. The van der Waals surface area contributed by atoms with Gasteiger partial charge in [0.1, 0.15) is 18.1 Å². The first-order valence-electron chi connectivity index (χ1n) is 9.92. The molecule has 0 saturated heterocycles. The average Bonchev–Trinajstić information content (AvgIpc) is 2.77. The number of carbonyl (C=O) groups is 1. The smallest absolute Gasteiger partial charge is 0.343 e. The maximum absolute atomic E-state index is 11.3. The van der Waals surface area contributed by atoms with Crippen molar-refractivity contribution in [3.05, 3.63) is 99.5 Å². The molecule has 3 aromatic carbocycles. The van der Waals surface area contributed by atoms with Gasteiger partial charge in [-0.15, -0.1) is 0 Å². The van der Waals surface area contributed by atoms with E-state index in [-0.39, 0.29) is 6.61 Å². The standard InChI is InChI=1S/C26H25BrO4/c1-18-4-6-20(7-5-18)24(21-8-10-22(27)11-9-21)14-15-30-23-12-13-25(19(2)16-23)31-17-26(28)29-3/h4-14,16H,15,17H2,1-3H3. The minimum absolute atomic E-state index is 0.118. The number of methoxy groups -OCH3 is 1. The molecule has 0 aliphatic rings. The van der Waals surface area contributed by atoms with Crippen molar-refractivity contribution < 1.29 is 19.0 Å². The third kappa shape index (κ3) is 6.46. The summed E-state index contributed by atoms with van der Waals surface area (Å²) in [6.07, 6.45) is 2.09. The zero-order valence-corrected chi connectivity index (χ0v) is 19.4. The molecule has 0 bridgehead atoms. The van der Waals surface area contributed by atoms with Crippen molar-refractivity contribution in [2.75, 3.05) is 20.3 Å². The zero-order chi connectivity index (χ0) is 22.2. The summed E-state index contributed by atoms with van der Waals surface area (Å²) in [5.41, 5.74) is 5.48. The van der Waals surface area contributed by atoms with Crippen molar-refractivity contribution in [1.82, 2.24) is 0 Å². The Labute approximate surface area is 191 Å². The van der Waals surface area contributed by atoms with Gasteiger partial charge in [-0.1, -0.05) is 57.9 Å². The molecule has 0 aliphatic heterocycles. The first-order chi connectivity index (χ1) is 15.0. The summed E-state index contributed by atoms with van der Waals surface area (Å²) in [7, 11) is 1.34. The maximum Gasteiger partial charge on any atom is 0.343 e. The molecular formula is C26H25BrO4. The summed E-state index contributed by atoms with van der Waals surface area (Å²) >= 11 is 3.50. The first-order valence-corrected chi connectivity index (χ1v) is 10.7. The number of hydrogen-bond donors (Lipinski definition) is 0. The predicted octanol–water partition coefficient (Wildman–Crippen LogP) is 6.13. The van der Waals surface area contributed by atoms with Gasteiger partial charge in [0.25, 0.3) is 0 Å². The normalized spacial score (nSPS) is 11.2. The summed E-state index contributed by atoms with van der Waals surface area (Å²) in [5, 5.41) is 0. The van der Waals surface area contributed by atoms with Crippen LogP contribution >= 0.6 is 15.9 Å². The SMILES string of the molecule is COC(=O)COc1ccc(OCC=C(c2ccc(C)cc2)c2ccc(Br)cc2)cc1C. The van der Waals surface area contributed by atoms with Gasteiger partial charge in [0, 0.05) is 4.47 Å². The van der Waals surface area contributed by atoms with Crippen LogP contribution in [0, 0.1) is 13.8 Å². The highest BCUT2D eigenvalue weighted by molar-refractivity contribution is 9.10. The molecule has 0 atom stereocenters. The van der Waals surface area contributed by atoms with Crippen LogP contribution in [0.25, 0.3) is 5.57 Å². The van der Waals surface area contributed by atoms with E-state index < -0.39 is 5.97 Å². The molecule has 0 unspecified atom stereocenters. The minimum Gasteiger partial charge on any atom is -0.489 e. The Morgan fingerprint density at radius 1 is 0.903 bits per heavy atom.